The quantitative estimate of drug-likeness (QED) is 0.616. The van der Waals surface area contributed by atoms with E-state index in [2.05, 4.69) is 31.3 Å². The zero-order valence-electron chi connectivity index (χ0n) is 15.1. The van der Waals surface area contributed by atoms with Crippen LogP contribution in [-0.2, 0) is 11.2 Å². The number of hydrogen-bond acceptors (Lipinski definition) is 2. The number of aryl methyl sites for hydroxylation is 1. The maximum atomic E-state index is 12.1. The standard InChI is InChI=1S/C22H27NO2/c1-3-5-8-18-11-14-20(15-12-18)23-22(24)16-13-19-9-6-7-10-21(19)25-17-4-2/h6-7,9-16H,3-5,8,17H2,1-2H3,(H,23,24). The number of ether oxygens (including phenoxy) is 1. The number of rotatable bonds is 9. The average molecular weight is 337 g/mol. The Labute approximate surface area is 150 Å². The first kappa shape index (κ1) is 18.8. The van der Waals surface area contributed by atoms with E-state index in [1.54, 1.807) is 12.2 Å². The molecule has 0 unspecified atom stereocenters. The monoisotopic (exact) mass is 337 g/mol. The molecule has 1 amide bonds. The Hall–Kier alpha value is -2.55. The van der Waals surface area contributed by atoms with Gasteiger partial charge in [0.2, 0.25) is 5.91 Å². The van der Waals surface area contributed by atoms with Crippen molar-refractivity contribution in [3.63, 3.8) is 0 Å². The zero-order valence-corrected chi connectivity index (χ0v) is 15.1. The lowest BCUT2D eigenvalue weighted by Gasteiger charge is -2.08. The van der Waals surface area contributed by atoms with Gasteiger partial charge in [-0.15, -0.1) is 0 Å². The Bertz CT molecular complexity index is 689. The molecule has 0 saturated carbocycles. The summed E-state index contributed by atoms with van der Waals surface area (Å²) in [6, 6.07) is 15.8. The SMILES string of the molecule is CCCCc1ccc(NC(=O)C=Cc2ccccc2OCCC)cc1. The number of para-hydroxylation sites is 1. The van der Waals surface area contributed by atoms with E-state index in [9.17, 15) is 4.79 Å². The molecular formula is C22H27NO2. The van der Waals surface area contributed by atoms with E-state index >= 15 is 0 Å². The van der Waals surface area contributed by atoms with Crippen molar-refractivity contribution in [1.82, 2.24) is 0 Å². The number of carbonyl (C=O) groups excluding carboxylic acids is 1. The number of amides is 1. The Morgan fingerprint density at radius 1 is 1.04 bits per heavy atom. The van der Waals surface area contributed by atoms with Gasteiger partial charge in [-0.3, -0.25) is 4.79 Å². The van der Waals surface area contributed by atoms with Gasteiger partial charge in [0, 0.05) is 17.3 Å². The van der Waals surface area contributed by atoms with E-state index in [0.717, 1.165) is 29.8 Å². The Morgan fingerprint density at radius 2 is 1.80 bits per heavy atom. The van der Waals surface area contributed by atoms with Crippen molar-refractivity contribution in [2.75, 3.05) is 11.9 Å². The first-order valence-corrected chi connectivity index (χ1v) is 9.02. The number of carbonyl (C=O) groups is 1. The lowest BCUT2D eigenvalue weighted by atomic mass is 10.1. The topological polar surface area (TPSA) is 38.3 Å². The van der Waals surface area contributed by atoms with Gasteiger partial charge in [0.1, 0.15) is 5.75 Å². The minimum atomic E-state index is -0.147. The summed E-state index contributed by atoms with van der Waals surface area (Å²) < 4.78 is 5.70. The van der Waals surface area contributed by atoms with Crippen molar-refractivity contribution in [2.45, 2.75) is 39.5 Å². The van der Waals surface area contributed by atoms with E-state index in [4.69, 9.17) is 4.74 Å². The third kappa shape index (κ3) is 6.46. The van der Waals surface area contributed by atoms with E-state index in [0.29, 0.717) is 6.61 Å². The number of hydrogen-bond donors (Lipinski definition) is 1. The summed E-state index contributed by atoms with van der Waals surface area (Å²) in [4.78, 5) is 12.1. The van der Waals surface area contributed by atoms with Crippen LogP contribution in [0.3, 0.4) is 0 Å². The third-order valence-corrected chi connectivity index (χ3v) is 3.84. The molecule has 0 fully saturated rings. The molecule has 0 spiro atoms. The molecule has 0 atom stereocenters. The fourth-order valence-electron chi connectivity index (χ4n) is 2.45. The summed E-state index contributed by atoms with van der Waals surface area (Å²) in [5.74, 6) is 0.653. The Balaban J connectivity index is 1.94. The van der Waals surface area contributed by atoms with Gasteiger partial charge in [0.25, 0.3) is 0 Å². The fraction of sp³-hybridized carbons (Fsp3) is 0.318. The molecule has 0 saturated heterocycles. The molecule has 0 radical (unpaired) electrons. The molecule has 0 heterocycles. The van der Waals surface area contributed by atoms with Crippen LogP contribution in [-0.4, -0.2) is 12.5 Å². The maximum Gasteiger partial charge on any atom is 0.248 e. The molecule has 0 aliphatic rings. The molecule has 0 aromatic heterocycles. The highest BCUT2D eigenvalue weighted by Gasteiger charge is 2.02. The summed E-state index contributed by atoms with van der Waals surface area (Å²) in [6.45, 7) is 4.92. The lowest BCUT2D eigenvalue weighted by Crippen LogP contribution is -2.07. The van der Waals surface area contributed by atoms with Crippen molar-refractivity contribution in [1.29, 1.82) is 0 Å². The molecular weight excluding hydrogens is 310 g/mol. The molecule has 2 rings (SSSR count). The number of anilines is 1. The highest BCUT2D eigenvalue weighted by atomic mass is 16.5. The average Bonchev–Trinajstić information content (AvgIpc) is 2.65. The van der Waals surface area contributed by atoms with Crippen LogP contribution in [0.4, 0.5) is 5.69 Å². The van der Waals surface area contributed by atoms with Crippen LogP contribution in [0.25, 0.3) is 6.08 Å². The minimum absolute atomic E-state index is 0.147. The second-order valence-electron chi connectivity index (χ2n) is 6.01. The van der Waals surface area contributed by atoms with Gasteiger partial charge in [-0.25, -0.2) is 0 Å². The van der Waals surface area contributed by atoms with Gasteiger partial charge in [0.15, 0.2) is 0 Å². The predicted octanol–water partition coefficient (Wildman–Crippen LogP) is 5.47. The molecule has 3 heteroatoms. The second-order valence-corrected chi connectivity index (χ2v) is 6.01. The van der Waals surface area contributed by atoms with Crippen LogP contribution in [0.15, 0.2) is 54.6 Å². The maximum absolute atomic E-state index is 12.1. The van der Waals surface area contributed by atoms with E-state index < -0.39 is 0 Å². The fourth-order valence-corrected chi connectivity index (χ4v) is 2.45. The van der Waals surface area contributed by atoms with Gasteiger partial charge in [-0.05, 0) is 49.1 Å². The summed E-state index contributed by atoms with van der Waals surface area (Å²) in [6.07, 6.45) is 7.74. The second kappa shape index (κ2) is 10.3. The van der Waals surface area contributed by atoms with Crippen LogP contribution in [0.1, 0.15) is 44.2 Å². The van der Waals surface area contributed by atoms with Crippen molar-refractivity contribution in [2.24, 2.45) is 0 Å². The lowest BCUT2D eigenvalue weighted by molar-refractivity contribution is -0.111. The summed E-state index contributed by atoms with van der Waals surface area (Å²) in [7, 11) is 0. The Kier molecular flexibility index (Phi) is 7.77. The normalized spacial score (nSPS) is 10.8. The van der Waals surface area contributed by atoms with Crippen LogP contribution >= 0.6 is 0 Å². The zero-order chi connectivity index (χ0) is 17.9. The number of unbranched alkanes of at least 4 members (excludes halogenated alkanes) is 1. The van der Waals surface area contributed by atoms with E-state index in [1.165, 1.54) is 18.4 Å². The Morgan fingerprint density at radius 3 is 2.52 bits per heavy atom. The van der Waals surface area contributed by atoms with Gasteiger partial charge >= 0.3 is 0 Å². The molecule has 0 aliphatic heterocycles. The summed E-state index contributed by atoms with van der Waals surface area (Å²) in [5, 5.41) is 2.89. The van der Waals surface area contributed by atoms with Crippen molar-refractivity contribution in [3.8, 4) is 5.75 Å². The largest absolute Gasteiger partial charge is 0.493 e. The molecule has 2 aromatic rings. The smallest absolute Gasteiger partial charge is 0.248 e. The van der Waals surface area contributed by atoms with Crippen LogP contribution in [0.5, 0.6) is 5.75 Å². The molecule has 132 valence electrons. The first-order chi connectivity index (χ1) is 12.2. The molecule has 0 aliphatic carbocycles. The predicted molar refractivity (Wildman–Crippen MR) is 105 cm³/mol. The first-order valence-electron chi connectivity index (χ1n) is 9.02. The van der Waals surface area contributed by atoms with Crippen LogP contribution in [0.2, 0.25) is 0 Å². The number of benzene rings is 2. The van der Waals surface area contributed by atoms with Crippen molar-refractivity contribution >= 4 is 17.7 Å². The van der Waals surface area contributed by atoms with Crippen LogP contribution in [0, 0.1) is 0 Å². The van der Waals surface area contributed by atoms with Gasteiger partial charge < -0.3 is 10.1 Å². The molecule has 0 bridgehead atoms. The minimum Gasteiger partial charge on any atom is -0.493 e. The molecule has 1 N–H and O–H groups in total. The van der Waals surface area contributed by atoms with Crippen LogP contribution < -0.4 is 10.1 Å². The summed E-state index contributed by atoms with van der Waals surface area (Å²) >= 11 is 0. The molecule has 2 aromatic carbocycles. The van der Waals surface area contributed by atoms with Crippen molar-refractivity contribution < 1.29 is 9.53 Å². The van der Waals surface area contributed by atoms with E-state index in [-0.39, 0.29) is 5.91 Å². The molecule has 3 nitrogen and oxygen atoms in total. The van der Waals surface area contributed by atoms with Gasteiger partial charge in [0.05, 0.1) is 6.61 Å². The highest BCUT2D eigenvalue weighted by molar-refractivity contribution is 6.02. The highest BCUT2D eigenvalue weighted by Crippen LogP contribution is 2.20. The number of nitrogens with one attached hydrogen (secondary N) is 1. The molecule has 25 heavy (non-hydrogen) atoms. The summed E-state index contributed by atoms with van der Waals surface area (Å²) in [5.41, 5.74) is 3.02. The van der Waals surface area contributed by atoms with Crippen molar-refractivity contribution in [3.05, 3.63) is 65.7 Å². The van der Waals surface area contributed by atoms with Gasteiger partial charge in [-0.1, -0.05) is 50.6 Å². The third-order valence-electron chi connectivity index (χ3n) is 3.84. The van der Waals surface area contributed by atoms with Gasteiger partial charge in [-0.2, -0.15) is 0 Å². The van der Waals surface area contributed by atoms with E-state index in [1.807, 2.05) is 36.4 Å².